The van der Waals surface area contributed by atoms with Gasteiger partial charge >= 0.3 is 0 Å². The van der Waals surface area contributed by atoms with Gasteiger partial charge in [-0.15, -0.1) is 22.7 Å². The largest absolute Gasteiger partial charge is 0.309 e. The second kappa shape index (κ2) is 14.2. The lowest BCUT2D eigenvalue weighted by atomic mass is 10.0. The molecule has 0 unspecified atom stereocenters. The summed E-state index contributed by atoms with van der Waals surface area (Å²) in [5.41, 5.74) is 9.14. The molecule has 10 aromatic carbocycles. The predicted octanol–water partition coefficient (Wildman–Crippen LogP) is 17.3. The van der Waals surface area contributed by atoms with Crippen LogP contribution in [0.4, 0.5) is 34.1 Å². The van der Waals surface area contributed by atoms with E-state index in [1.807, 2.05) is 22.7 Å². The van der Waals surface area contributed by atoms with Crippen LogP contribution in [0.15, 0.2) is 218 Å². The molecule has 0 bridgehead atoms. The average Bonchev–Trinajstić information content (AvgIpc) is 3.89. The molecule has 0 N–H and O–H groups in total. The van der Waals surface area contributed by atoms with Crippen molar-refractivity contribution in [3.8, 4) is 11.1 Å². The standard InChI is InChI=1S/C56H36N2S2/c1-3-15-39-33-45(31-29-37(39)13-1)57(51-25-11-23-49-47-21-5-7-27-53(47)59-55(49)51)43-19-9-17-41(35-43)42-18-10-20-44(36-42)58(46-32-30-38-14-2-4-16-40(38)34-46)52-26-12-24-50-48-22-6-8-28-54(48)60-56(50)52/h1-36H. The van der Waals surface area contributed by atoms with E-state index in [1.54, 1.807) is 0 Å². The Kier molecular flexibility index (Phi) is 8.25. The van der Waals surface area contributed by atoms with Gasteiger partial charge < -0.3 is 9.80 Å². The van der Waals surface area contributed by atoms with Gasteiger partial charge in [-0.2, -0.15) is 0 Å². The van der Waals surface area contributed by atoms with Crippen LogP contribution in [0.5, 0.6) is 0 Å². The number of fused-ring (bicyclic) bond motifs is 8. The molecule has 0 radical (unpaired) electrons. The normalized spacial score (nSPS) is 11.7. The summed E-state index contributed by atoms with van der Waals surface area (Å²) in [6.07, 6.45) is 0. The summed E-state index contributed by atoms with van der Waals surface area (Å²) in [5.74, 6) is 0. The van der Waals surface area contributed by atoms with Crippen LogP contribution in [-0.2, 0) is 0 Å². The van der Waals surface area contributed by atoms with Crippen LogP contribution in [-0.4, -0.2) is 0 Å². The maximum Gasteiger partial charge on any atom is 0.0640 e. The Bertz CT molecular complexity index is 3360. The summed E-state index contributed by atoms with van der Waals surface area (Å²) >= 11 is 3.73. The molecule has 0 spiro atoms. The van der Waals surface area contributed by atoms with Gasteiger partial charge in [-0.05, 0) is 105 Å². The molecule has 2 nitrogen and oxygen atoms in total. The fraction of sp³-hybridized carbons (Fsp3) is 0. The Morgan fingerprint density at radius 3 is 1.13 bits per heavy atom. The molecule has 4 heteroatoms. The Labute approximate surface area is 356 Å². The molecule has 60 heavy (non-hydrogen) atoms. The summed E-state index contributed by atoms with van der Waals surface area (Å²) in [7, 11) is 0. The topological polar surface area (TPSA) is 6.48 Å². The van der Waals surface area contributed by atoms with Gasteiger partial charge in [0, 0.05) is 53.7 Å². The number of rotatable bonds is 7. The molecule has 0 saturated carbocycles. The van der Waals surface area contributed by atoms with Gasteiger partial charge in [0.25, 0.3) is 0 Å². The Morgan fingerprint density at radius 1 is 0.267 bits per heavy atom. The molecular weight excluding hydrogens is 765 g/mol. The SMILES string of the molecule is c1cc(-c2cccc(N(c3ccc4ccccc4c3)c3cccc4c3sc3ccccc34)c2)cc(N(c2ccc3ccccc3c2)c2cccc3c2sc2ccccc23)c1. The number of hydrogen-bond acceptors (Lipinski definition) is 4. The van der Waals surface area contributed by atoms with Crippen LogP contribution < -0.4 is 9.80 Å². The summed E-state index contributed by atoms with van der Waals surface area (Å²) in [5, 5.41) is 10.1. The molecule has 2 aromatic heterocycles. The quantitative estimate of drug-likeness (QED) is 0.158. The number of thiophene rings is 2. The lowest BCUT2D eigenvalue weighted by Gasteiger charge is -2.28. The van der Waals surface area contributed by atoms with E-state index in [4.69, 9.17) is 0 Å². The van der Waals surface area contributed by atoms with Crippen molar-refractivity contribution in [2.45, 2.75) is 0 Å². The highest BCUT2D eigenvalue weighted by Crippen LogP contribution is 2.48. The van der Waals surface area contributed by atoms with Crippen LogP contribution >= 0.6 is 22.7 Å². The first-order valence-electron chi connectivity index (χ1n) is 20.3. The molecule has 2 heterocycles. The van der Waals surface area contributed by atoms with Crippen LogP contribution in [0.1, 0.15) is 0 Å². The maximum absolute atomic E-state index is 2.45. The minimum Gasteiger partial charge on any atom is -0.309 e. The maximum atomic E-state index is 2.45. The van der Waals surface area contributed by atoms with Crippen molar-refractivity contribution in [1.82, 2.24) is 0 Å². The van der Waals surface area contributed by atoms with Crippen molar-refractivity contribution in [3.05, 3.63) is 218 Å². The van der Waals surface area contributed by atoms with Crippen molar-refractivity contribution in [2.75, 3.05) is 9.80 Å². The first kappa shape index (κ1) is 34.8. The van der Waals surface area contributed by atoms with Gasteiger partial charge in [-0.1, -0.05) is 146 Å². The number of nitrogens with zero attached hydrogens (tertiary/aromatic N) is 2. The van der Waals surface area contributed by atoms with E-state index in [-0.39, 0.29) is 0 Å². The van der Waals surface area contributed by atoms with Crippen molar-refractivity contribution in [3.63, 3.8) is 0 Å². The Hall–Kier alpha value is -7.24. The van der Waals surface area contributed by atoms with Crippen LogP contribution in [0.2, 0.25) is 0 Å². The molecule has 282 valence electrons. The van der Waals surface area contributed by atoms with Crippen LogP contribution in [0.25, 0.3) is 73.0 Å². The minimum atomic E-state index is 1.11. The number of benzene rings is 10. The summed E-state index contributed by atoms with van der Waals surface area (Å²) in [6.45, 7) is 0. The minimum absolute atomic E-state index is 1.11. The van der Waals surface area contributed by atoms with E-state index in [1.165, 1.54) is 73.3 Å². The number of anilines is 6. The highest BCUT2D eigenvalue weighted by Gasteiger charge is 2.21. The van der Waals surface area contributed by atoms with Crippen molar-refractivity contribution in [1.29, 1.82) is 0 Å². The lowest BCUT2D eigenvalue weighted by Crippen LogP contribution is -2.11. The Morgan fingerprint density at radius 2 is 0.650 bits per heavy atom. The molecule has 0 aliphatic rings. The summed E-state index contributed by atoms with van der Waals surface area (Å²) < 4.78 is 5.15. The monoisotopic (exact) mass is 800 g/mol. The third kappa shape index (κ3) is 5.84. The third-order valence-electron chi connectivity index (χ3n) is 11.8. The average molecular weight is 801 g/mol. The zero-order chi connectivity index (χ0) is 39.6. The smallest absolute Gasteiger partial charge is 0.0640 e. The Balaban J connectivity index is 1.03. The van der Waals surface area contributed by atoms with Crippen molar-refractivity contribution < 1.29 is 0 Å². The molecule has 0 aliphatic carbocycles. The van der Waals surface area contributed by atoms with Gasteiger partial charge in [-0.25, -0.2) is 0 Å². The first-order valence-corrected chi connectivity index (χ1v) is 22.0. The van der Waals surface area contributed by atoms with E-state index >= 15 is 0 Å². The van der Waals surface area contributed by atoms with Crippen LogP contribution in [0, 0.1) is 0 Å². The molecule has 12 rings (SSSR count). The fourth-order valence-corrected chi connectivity index (χ4v) is 11.4. The zero-order valence-corrected chi connectivity index (χ0v) is 34.1. The van der Waals surface area contributed by atoms with Gasteiger partial charge in [0.05, 0.1) is 20.8 Å². The number of hydrogen-bond donors (Lipinski definition) is 0. The third-order valence-corrected chi connectivity index (χ3v) is 14.2. The molecule has 0 fully saturated rings. The van der Waals surface area contributed by atoms with Crippen LogP contribution in [0.3, 0.4) is 0 Å². The summed E-state index contributed by atoms with van der Waals surface area (Å²) in [4.78, 5) is 4.89. The molecule has 12 aromatic rings. The highest BCUT2D eigenvalue weighted by molar-refractivity contribution is 7.26. The highest BCUT2D eigenvalue weighted by atomic mass is 32.1. The molecule has 0 saturated heterocycles. The predicted molar refractivity (Wildman–Crippen MR) is 262 cm³/mol. The van der Waals surface area contributed by atoms with E-state index < -0.39 is 0 Å². The second-order valence-corrected chi connectivity index (χ2v) is 17.4. The summed E-state index contributed by atoms with van der Waals surface area (Å²) in [6, 6.07) is 80.0. The molecule has 0 amide bonds. The zero-order valence-electron chi connectivity index (χ0n) is 32.5. The van der Waals surface area contributed by atoms with E-state index in [2.05, 4.69) is 228 Å². The molecular formula is C56H36N2S2. The van der Waals surface area contributed by atoms with Crippen molar-refractivity contribution >= 4 is 119 Å². The lowest BCUT2D eigenvalue weighted by molar-refractivity contribution is 1.30. The second-order valence-electron chi connectivity index (χ2n) is 15.3. The molecule has 0 atom stereocenters. The molecule has 0 aliphatic heterocycles. The van der Waals surface area contributed by atoms with Gasteiger partial charge in [0.1, 0.15) is 0 Å². The van der Waals surface area contributed by atoms with E-state index in [0.717, 1.165) is 33.9 Å². The van der Waals surface area contributed by atoms with Gasteiger partial charge in [-0.3, -0.25) is 0 Å². The van der Waals surface area contributed by atoms with E-state index in [9.17, 15) is 0 Å². The van der Waals surface area contributed by atoms with Gasteiger partial charge in [0.2, 0.25) is 0 Å². The van der Waals surface area contributed by atoms with Crippen molar-refractivity contribution in [2.24, 2.45) is 0 Å². The van der Waals surface area contributed by atoms with Gasteiger partial charge in [0.15, 0.2) is 0 Å². The fourth-order valence-electron chi connectivity index (χ4n) is 8.95. The van der Waals surface area contributed by atoms with E-state index in [0.29, 0.717) is 0 Å². The first-order chi connectivity index (χ1) is 29.7.